The van der Waals surface area contributed by atoms with Gasteiger partial charge in [0.25, 0.3) is 0 Å². The van der Waals surface area contributed by atoms with Gasteiger partial charge in [-0.15, -0.1) is 0 Å². The summed E-state index contributed by atoms with van der Waals surface area (Å²) in [7, 11) is 1.59. The van der Waals surface area contributed by atoms with E-state index in [0.717, 1.165) is 33.7 Å². The molecule has 0 N–H and O–H groups in total. The van der Waals surface area contributed by atoms with E-state index in [4.69, 9.17) is 16.3 Å². The molecule has 0 saturated carbocycles. The molecular formula is C20H16ClN7O. The van der Waals surface area contributed by atoms with Crippen molar-refractivity contribution in [3.63, 3.8) is 0 Å². The molecule has 8 nitrogen and oxygen atoms in total. The first-order chi connectivity index (χ1) is 14.1. The number of hydrogen-bond donors (Lipinski definition) is 0. The lowest BCUT2D eigenvalue weighted by molar-refractivity contribution is 0.399. The van der Waals surface area contributed by atoms with Crippen molar-refractivity contribution in [3.8, 4) is 17.0 Å². The molecule has 144 valence electrons. The van der Waals surface area contributed by atoms with Gasteiger partial charge in [0, 0.05) is 23.5 Å². The Morgan fingerprint density at radius 1 is 1.14 bits per heavy atom. The van der Waals surface area contributed by atoms with Gasteiger partial charge in [0.1, 0.15) is 22.8 Å². The van der Waals surface area contributed by atoms with E-state index < -0.39 is 0 Å². The van der Waals surface area contributed by atoms with Crippen LogP contribution >= 0.6 is 11.6 Å². The minimum Gasteiger partial charge on any atom is -0.479 e. The van der Waals surface area contributed by atoms with Gasteiger partial charge in [-0.25, -0.2) is 19.5 Å². The Hall–Kier alpha value is -3.52. The lowest BCUT2D eigenvalue weighted by atomic mass is 10.1. The second kappa shape index (κ2) is 6.82. The second-order valence-electron chi connectivity index (χ2n) is 6.56. The third-order valence-corrected chi connectivity index (χ3v) is 5.02. The van der Waals surface area contributed by atoms with Crippen LogP contribution in [-0.4, -0.2) is 41.2 Å². The summed E-state index contributed by atoms with van der Waals surface area (Å²) in [6.45, 7) is 2.51. The SMILES string of the molecule is COc1ncnn2ccc(-c3cnc4nc(C)n(Cc5cccc(Cl)n5)c4c3)c12. The Morgan fingerprint density at radius 2 is 2.03 bits per heavy atom. The number of methoxy groups -OCH3 is 1. The highest BCUT2D eigenvalue weighted by atomic mass is 35.5. The molecule has 0 spiro atoms. The van der Waals surface area contributed by atoms with Gasteiger partial charge in [0.2, 0.25) is 5.88 Å². The van der Waals surface area contributed by atoms with Crippen molar-refractivity contribution in [1.82, 2.24) is 34.1 Å². The number of hydrogen-bond acceptors (Lipinski definition) is 6. The quantitative estimate of drug-likeness (QED) is 0.425. The molecule has 0 aliphatic heterocycles. The van der Waals surface area contributed by atoms with Gasteiger partial charge in [-0.1, -0.05) is 17.7 Å². The van der Waals surface area contributed by atoms with E-state index in [0.29, 0.717) is 23.2 Å². The molecule has 9 heteroatoms. The summed E-state index contributed by atoms with van der Waals surface area (Å²) in [6, 6.07) is 9.63. The van der Waals surface area contributed by atoms with Crippen molar-refractivity contribution in [3.05, 3.63) is 65.7 Å². The predicted molar refractivity (Wildman–Crippen MR) is 109 cm³/mol. The number of nitrogens with zero attached hydrogens (tertiary/aromatic N) is 7. The second-order valence-corrected chi connectivity index (χ2v) is 6.94. The molecule has 5 aromatic heterocycles. The van der Waals surface area contributed by atoms with Gasteiger partial charge in [0.05, 0.1) is 24.9 Å². The molecule has 0 unspecified atom stereocenters. The summed E-state index contributed by atoms with van der Waals surface area (Å²) in [6.07, 6.45) is 5.14. The molecule has 0 amide bonds. The maximum Gasteiger partial charge on any atom is 0.241 e. The number of pyridine rings is 2. The highest BCUT2D eigenvalue weighted by Gasteiger charge is 2.16. The third kappa shape index (κ3) is 2.98. The Labute approximate surface area is 170 Å². The van der Waals surface area contributed by atoms with Crippen LogP contribution in [0, 0.1) is 6.92 Å². The minimum absolute atomic E-state index is 0.468. The molecule has 5 rings (SSSR count). The van der Waals surface area contributed by atoms with Crippen molar-refractivity contribution in [1.29, 1.82) is 0 Å². The largest absolute Gasteiger partial charge is 0.479 e. The van der Waals surface area contributed by atoms with Crippen molar-refractivity contribution >= 4 is 28.3 Å². The molecule has 0 fully saturated rings. The molecular weight excluding hydrogens is 390 g/mol. The van der Waals surface area contributed by atoms with Crippen LogP contribution in [0.25, 0.3) is 27.8 Å². The molecule has 0 saturated heterocycles. The van der Waals surface area contributed by atoms with E-state index in [1.807, 2.05) is 31.3 Å². The number of aromatic nitrogens is 7. The minimum atomic E-state index is 0.468. The normalized spacial score (nSPS) is 11.4. The monoisotopic (exact) mass is 405 g/mol. The maximum absolute atomic E-state index is 6.05. The zero-order chi connectivity index (χ0) is 20.0. The van der Waals surface area contributed by atoms with E-state index in [1.165, 1.54) is 6.33 Å². The van der Waals surface area contributed by atoms with E-state index in [9.17, 15) is 0 Å². The molecule has 0 bridgehead atoms. The Bertz CT molecular complexity index is 1360. The zero-order valence-electron chi connectivity index (χ0n) is 15.7. The van der Waals surface area contributed by atoms with Gasteiger partial charge >= 0.3 is 0 Å². The van der Waals surface area contributed by atoms with Gasteiger partial charge in [-0.2, -0.15) is 10.1 Å². The van der Waals surface area contributed by atoms with Crippen molar-refractivity contribution in [2.24, 2.45) is 0 Å². The summed E-state index contributed by atoms with van der Waals surface area (Å²) in [5, 5.41) is 4.72. The first kappa shape index (κ1) is 17.6. The van der Waals surface area contributed by atoms with Crippen LogP contribution in [0.1, 0.15) is 11.5 Å². The topological polar surface area (TPSA) is 83.0 Å². The summed E-state index contributed by atoms with van der Waals surface area (Å²) in [5.41, 5.74) is 5.10. The van der Waals surface area contributed by atoms with Crippen LogP contribution in [0.4, 0.5) is 0 Å². The Morgan fingerprint density at radius 3 is 2.86 bits per heavy atom. The molecule has 0 atom stereocenters. The molecule has 0 aliphatic rings. The van der Waals surface area contributed by atoms with E-state index in [1.54, 1.807) is 23.9 Å². The number of halogens is 1. The maximum atomic E-state index is 6.05. The smallest absolute Gasteiger partial charge is 0.241 e. The molecule has 0 radical (unpaired) electrons. The van der Waals surface area contributed by atoms with Gasteiger partial charge in [-0.3, -0.25) is 0 Å². The summed E-state index contributed by atoms with van der Waals surface area (Å²) in [5.74, 6) is 1.36. The first-order valence-electron chi connectivity index (χ1n) is 8.95. The summed E-state index contributed by atoms with van der Waals surface area (Å²) in [4.78, 5) is 17.8. The highest BCUT2D eigenvalue weighted by molar-refractivity contribution is 6.29. The average molecular weight is 406 g/mol. The van der Waals surface area contributed by atoms with E-state index >= 15 is 0 Å². The fourth-order valence-electron chi connectivity index (χ4n) is 3.47. The van der Waals surface area contributed by atoms with Crippen LogP contribution in [0.15, 0.2) is 49.1 Å². The van der Waals surface area contributed by atoms with Crippen molar-refractivity contribution in [2.45, 2.75) is 13.5 Å². The zero-order valence-corrected chi connectivity index (χ0v) is 16.5. The van der Waals surface area contributed by atoms with Gasteiger partial charge < -0.3 is 9.30 Å². The number of aryl methyl sites for hydroxylation is 1. The molecule has 29 heavy (non-hydrogen) atoms. The summed E-state index contributed by atoms with van der Waals surface area (Å²) >= 11 is 6.05. The lowest BCUT2D eigenvalue weighted by Gasteiger charge is -2.08. The van der Waals surface area contributed by atoms with E-state index in [2.05, 4.69) is 35.7 Å². The molecule has 5 heterocycles. The fraction of sp³-hybridized carbons (Fsp3) is 0.150. The number of fused-ring (bicyclic) bond motifs is 2. The van der Waals surface area contributed by atoms with Crippen LogP contribution in [0.3, 0.4) is 0 Å². The number of imidazole rings is 1. The number of ether oxygens (including phenoxy) is 1. The van der Waals surface area contributed by atoms with E-state index in [-0.39, 0.29) is 0 Å². The predicted octanol–water partition coefficient (Wildman–Crippen LogP) is 3.55. The lowest BCUT2D eigenvalue weighted by Crippen LogP contribution is -2.04. The molecule has 0 aliphatic carbocycles. The molecule has 0 aromatic carbocycles. The summed E-state index contributed by atoms with van der Waals surface area (Å²) < 4.78 is 9.24. The van der Waals surface area contributed by atoms with Crippen molar-refractivity contribution in [2.75, 3.05) is 7.11 Å². The first-order valence-corrected chi connectivity index (χ1v) is 9.33. The Balaban J connectivity index is 1.66. The van der Waals surface area contributed by atoms with Gasteiger partial charge in [0.15, 0.2) is 5.65 Å². The van der Waals surface area contributed by atoms with Crippen LogP contribution < -0.4 is 4.74 Å². The average Bonchev–Trinajstić information content (AvgIpc) is 3.29. The van der Waals surface area contributed by atoms with Crippen molar-refractivity contribution < 1.29 is 4.74 Å². The standard InChI is InChI=1S/C20H16ClN7O/c1-12-25-19-16(27(12)10-14-4-3-5-17(21)26-14)8-13(9-22-19)15-6-7-28-18(15)20(29-2)23-11-24-28/h3-9,11H,10H2,1-2H3. The number of rotatable bonds is 4. The Kier molecular flexibility index (Phi) is 4.13. The highest BCUT2D eigenvalue weighted by Crippen LogP contribution is 2.31. The third-order valence-electron chi connectivity index (χ3n) is 4.81. The van der Waals surface area contributed by atoms with Crippen LogP contribution in [0.2, 0.25) is 5.15 Å². The van der Waals surface area contributed by atoms with Crippen LogP contribution in [0.5, 0.6) is 5.88 Å². The van der Waals surface area contributed by atoms with Crippen LogP contribution in [-0.2, 0) is 6.54 Å². The fourth-order valence-corrected chi connectivity index (χ4v) is 3.66. The van der Waals surface area contributed by atoms with Gasteiger partial charge in [-0.05, 0) is 31.2 Å². The molecule has 5 aromatic rings.